The van der Waals surface area contributed by atoms with E-state index in [9.17, 15) is 17.6 Å². The molecule has 0 spiro atoms. The van der Waals surface area contributed by atoms with Crippen LogP contribution in [-0.2, 0) is 21.3 Å². The van der Waals surface area contributed by atoms with Gasteiger partial charge in [0.15, 0.2) is 0 Å². The topological polar surface area (TPSA) is 93.5 Å². The van der Waals surface area contributed by atoms with Crippen molar-refractivity contribution in [3.8, 4) is 5.69 Å². The van der Waals surface area contributed by atoms with Gasteiger partial charge in [-0.15, -0.1) is 0 Å². The summed E-state index contributed by atoms with van der Waals surface area (Å²) >= 11 is 0. The maximum Gasteiger partial charge on any atom is 0.251 e. The molecular weight excluding hydrogens is 447 g/mol. The summed E-state index contributed by atoms with van der Waals surface area (Å²) in [7, 11) is -3.77. The van der Waals surface area contributed by atoms with Crippen molar-refractivity contribution in [3.05, 3.63) is 78.1 Å². The molecule has 1 saturated heterocycles. The quantitative estimate of drug-likeness (QED) is 0.596. The highest BCUT2D eigenvalue weighted by molar-refractivity contribution is 7.89. The molecule has 2 aromatic carbocycles. The Kier molecular flexibility index (Phi) is 6.59. The number of nitrogens with one attached hydrogen (secondary N) is 1. The number of halogens is 1. The van der Waals surface area contributed by atoms with Gasteiger partial charge >= 0.3 is 0 Å². The molecule has 8 nitrogen and oxygen atoms in total. The molecule has 33 heavy (non-hydrogen) atoms. The molecule has 174 valence electrons. The van der Waals surface area contributed by atoms with Gasteiger partial charge in [0.2, 0.25) is 10.0 Å². The highest BCUT2D eigenvalue weighted by Gasteiger charge is 2.32. The van der Waals surface area contributed by atoms with E-state index in [0.717, 1.165) is 0 Å². The van der Waals surface area contributed by atoms with Gasteiger partial charge in [-0.1, -0.05) is 12.1 Å². The fourth-order valence-corrected chi connectivity index (χ4v) is 5.47. The maximum absolute atomic E-state index is 14.4. The van der Waals surface area contributed by atoms with Crippen LogP contribution >= 0.6 is 0 Å². The number of hydrogen-bond acceptors (Lipinski definition) is 5. The Hall–Kier alpha value is -3.08. The highest BCUT2D eigenvalue weighted by atomic mass is 32.2. The number of morpholine rings is 1. The van der Waals surface area contributed by atoms with Gasteiger partial charge in [-0.3, -0.25) is 4.79 Å². The zero-order chi connectivity index (χ0) is 23.6. The first-order valence-electron chi connectivity index (χ1n) is 10.5. The van der Waals surface area contributed by atoms with Crippen LogP contribution in [0.3, 0.4) is 0 Å². The fraction of sp³-hybridized carbons (Fsp3) is 0.304. The van der Waals surface area contributed by atoms with E-state index < -0.39 is 21.7 Å². The Morgan fingerprint density at radius 2 is 1.94 bits per heavy atom. The number of carbonyl (C=O) groups excluding carboxylic acids is 1. The van der Waals surface area contributed by atoms with Gasteiger partial charge in [0, 0.05) is 37.6 Å². The van der Waals surface area contributed by atoms with E-state index in [2.05, 4.69) is 10.3 Å². The van der Waals surface area contributed by atoms with Crippen LogP contribution in [0.25, 0.3) is 5.69 Å². The molecule has 1 aliphatic heterocycles. The minimum Gasteiger partial charge on any atom is -0.373 e. The molecule has 2 atom stereocenters. The lowest BCUT2D eigenvalue weighted by Gasteiger charge is -2.34. The van der Waals surface area contributed by atoms with E-state index in [1.807, 2.05) is 13.8 Å². The lowest BCUT2D eigenvalue weighted by atomic mass is 10.1. The summed E-state index contributed by atoms with van der Waals surface area (Å²) in [6.07, 6.45) is 4.27. The van der Waals surface area contributed by atoms with Crippen molar-refractivity contribution in [1.82, 2.24) is 19.2 Å². The average molecular weight is 473 g/mol. The lowest BCUT2D eigenvalue weighted by Crippen LogP contribution is -2.48. The molecule has 0 radical (unpaired) electrons. The van der Waals surface area contributed by atoms with Crippen molar-refractivity contribution in [3.63, 3.8) is 0 Å². The van der Waals surface area contributed by atoms with Crippen LogP contribution in [0, 0.1) is 5.82 Å². The van der Waals surface area contributed by atoms with Crippen molar-refractivity contribution in [2.45, 2.75) is 37.5 Å². The summed E-state index contributed by atoms with van der Waals surface area (Å²) < 4.78 is 49.2. The second kappa shape index (κ2) is 9.42. The van der Waals surface area contributed by atoms with Gasteiger partial charge < -0.3 is 14.6 Å². The molecule has 1 aliphatic rings. The number of hydrogen-bond donors (Lipinski definition) is 1. The van der Waals surface area contributed by atoms with Crippen LogP contribution in [0.2, 0.25) is 0 Å². The van der Waals surface area contributed by atoms with E-state index >= 15 is 0 Å². The van der Waals surface area contributed by atoms with Crippen LogP contribution in [-0.4, -0.2) is 53.5 Å². The van der Waals surface area contributed by atoms with E-state index in [1.54, 1.807) is 35.2 Å². The Morgan fingerprint density at radius 3 is 2.61 bits per heavy atom. The number of carbonyl (C=O) groups is 1. The number of ether oxygens (including phenoxy) is 1. The van der Waals surface area contributed by atoms with Crippen molar-refractivity contribution < 1.29 is 22.3 Å². The van der Waals surface area contributed by atoms with E-state index in [0.29, 0.717) is 11.3 Å². The van der Waals surface area contributed by atoms with E-state index in [4.69, 9.17) is 4.74 Å². The number of aromatic nitrogens is 2. The van der Waals surface area contributed by atoms with Crippen LogP contribution < -0.4 is 5.32 Å². The molecule has 1 N–H and O–H groups in total. The molecule has 1 fully saturated rings. The summed E-state index contributed by atoms with van der Waals surface area (Å²) in [4.78, 5) is 16.6. The third-order valence-electron chi connectivity index (χ3n) is 5.37. The third-order valence-corrected chi connectivity index (χ3v) is 7.20. The molecule has 3 aromatic rings. The first kappa shape index (κ1) is 23.1. The Morgan fingerprint density at radius 1 is 1.18 bits per heavy atom. The maximum atomic E-state index is 14.4. The van der Waals surface area contributed by atoms with Crippen LogP contribution in [0.15, 0.2) is 66.1 Å². The number of benzene rings is 2. The zero-order valence-electron chi connectivity index (χ0n) is 18.3. The predicted molar refractivity (Wildman–Crippen MR) is 120 cm³/mol. The van der Waals surface area contributed by atoms with Gasteiger partial charge in [-0.05, 0) is 49.7 Å². The molecule has 0 bridgehead atoms. The second-order valence-corrected chi connectivity index (χ2v) is 9.98. The Labute approximate surface area is 192 Å². The Bertz CT molecular complexity index is 1240. The summed E-state index contributed by atoms with van der Waals surface area (Å²) in [6, 6.07) is 10.6. The molecular formula is C23H25FN4O4S. The first-order valence-corrected chi connectivity index (χ1v) is 12.0. The largest absolute Gasteiger partial charge is 0.373 e. The normalized spacial score (nSPS) is 19.4. The Balaban J connectivity index is 1.45. The molecule has 1 amide bonds. The van der Waals surface area contributed by atoms with Gasteiger partial charge in [-0.2, -0.15) is 4.31 Å². The van der Waals surface area contributed by atoms with E-state index in [-0.39, 0.29) is 42.3 Å². The standard InChI is InChI=1S/C23H25FN4O4S/c1-16-13-28(14-17(2)32-16)33(30,31)20-5-3-4-19(11-20)23(29)26-12-18-6-7-22(21(24)10-18)27-9-8-25-15-27/h3-11,15-17H,12-14H2,1-2H3,(H,26,29). The summed E-state index contributed by atoms with van der Waals surface area (Å²) in [6.45, 7) is 4.25. The van der Waals surface area contributed by atoms with E-state index in [1.165, 1.54) is 34.9 Å². The zero-order valence-corrected chi connectivity index (χ0v) is 19.1. The summed E-state index contributed by atoms with van der Waals surface area (Å²) in [5, 5.41) is 2.72. The minimum absolute atomic E-state index is 0.0483. The minimum atomic E-state index is -3.77. The van der Waals surface area contributed by atoms with Crippen molar-refractivity contribution >= 4 is 15.9 Å². The number of rotatable bonds is 6. The predicted octanol–water partition coefficient (Wildman–Crippen LogP) is 2.74. The van der Waals surface area contributed by atoms with Gasteiger partial charge in [-0.25, -0.2) is 17.8 Å². The van der Waals surface area contributed by atoms with Gasteiger partial charge in [0.25, 0.3) is 5.91 Å². The van der Waals surface area contributed by atoms with Gasteiger partial charge in [0.1, 0.15) is 5.82 Å². The number of sulfonamides is 1. The first-order chi connectivity index (χ1) is 15.7. The van der Waals surface area contributed by atoms with Crippen LogP contribution in [0.5, 0.6) is 0 Å². The monoisotopic (exact) mass is 472 g/mol. The number of imidazole rings is 1. The van der Waals surface area contributed by atoms with Crippen molar-refractivity contribution in [2.24, 2.45) is 0 Å². The summed E-state index contributed by atoms with van der Waals surface area (Å²) in [5.74, 6) is -0.892. The van der Waals surface area contributed by atoms with Crippen molar-refractivity contribution in [2.75, 3.05) is 13.1 Å². The fourth-order valence-electron chi connectivity index (χ4n) is 3.83. The SMILES string of the molecule is CC1CN(S(=O)(=O)c2cccc(C(=O)NCc3ccc(-n4ccnc4)c(F)c3)c2)CC(C)O1. The molecule has 2 unspecified atom stereocenters. The van der Waals surface area contributed by atoms with Crippen LogP contribution in [0.1, 0.15) is 29.8 Å². The molecule has 10 heteroatoms. The second-order valence-electron chi connectivity index (χ2n) is 8.05. The third kappa shape index (κ3) is 5.13. The highest BCUT2D eigenvalue weighted by Crippen LogP contribution is 2.22. The molecule has 2 heterocycles. The molecule has 1 aromatic heterocycles. The molecule has 0 saturated carbocycles. The van der Waals surface area contributed by atoms with Gasteiger partial charge in [0.05, 0.1) is 29.1 Å². The summed E-state index contributed by atoms with van der Waals surface area (Å²) in [5.41, 5.74) is 1.14. The number of amides is 1. The van der Waals surface area contributed by atoms with Crippen molar-refractivity contribution in [1.29, 1.82) is 0 Å². The number of nitrogens with zero attached hydrogens (tertiary/aromatic N) is 3. The molecule has 0 aliphatic carbocycles. The smallest absolute Gasteiger partial charge is 0.251 e. The average Bonchev–Trinajstić information content (AvgIpc) is 3.31. The van der Waals surface area contributed by atoms with Crippen LogP contribution in [0.4, 0.5) is 4.39 Å². The molecule has 4 rings (SSSR count). The lowest BCUT2D eigenvalue weighted by molar-refractivity contribution is -0.0440.